The van der Waals surface area contributed by atoms with Gasteiger partial charge < -0.3 is 29.9 Å². The molecule has 0 saturated carbocycles. The predicted octanol–water partition coefficient (Wildman–Crippen LogP) is 3.40. The highest BCUT2D eigenvalue weighted by atomic mass is 16.5. The van der Waals surface area contributed by atoms with Crippen molar-refractivity contribution < 1.29 is 14.3 Å². The second-order valence-corrected chi connectivity index (χ2v) is 7.57. The third kappa shape index (κ3) is 3.67. The number of nitrogens with zero attached hydrogens (tertiary/aromatic N) is 4. The number of anilines is 6. The van der Waals surface area contributed by atoms with E-state index >= 15 is 0 Å². The van der Waals surface area contributed by atoms with Crippen molar-refractivity contribution >= 4 is 40.4 Å². The summed E-state index contributed by atoms with van der Waals surface area (Å²) in [5.41, 5.74) is 3.75. The van der Waals surface area contributed by atoms with E-state index < -0.39 is 0 Å². The smallest absolute Gasteiger partial charge is 0.257 e. The lowest BCUT2D eigenvalue weighted by atomic mass is 10.1. The number of rotatable bonds is 4. The maximum atomic E-state index is 12.6. The molecule has 3 heterocycles. The molecule has 5 rings (SSSR count). The summed E-state index contributed by atoms with van der Waals surface area (Å²) in [5.74, 6) is 1.52. The number of nitrogens with one attached hydrogen (secondary N) is 2. The number of carbonyl (C=O) groups is 1. The molecule has 0 atom stereocenters. The molecule has 1 fully saturated rings. The third-order valence-electron chi connectivity index (χ3n) is 5.65. The molecule has 9 heteroatoms. The normalized spacial score (nSPS) is 15.4. The van der Waals surface area contributed by atoms with E-state index in [1.165, 1.54) is 0 Å². The molecule has 1 aromatic heterocycles. The summed E-state index contributed by atoms with van der Waals surface area (Å²) in [6, 6.07) is 13.4. The maximum Gasteiger partial charge on any atom is 0.257 e. The van der Waals surface area contributed by atoms with E-state index in [9.17, 15) is 4.79 Å². The fraction of sp³-hybridized carbons (Fsp3) is 0.261. The predicted molar refractivity (Wildman–Crippen MR) is 124 cm³/mol. The molecule has 32 heavy (non-hydrogen) atoms. The monoisotopic (exact) mass is 432 g/mol. The third-order valence-corrected chi connectivity index (χ3v) is 5.65. The number of para-hydroxylation sites is 1. The fourth-order valence-corrected chi connectivity index (χ4v) is 3.96. The average Bonchev–Trinajstić information content (AvgIpc) is 2.94. The Balaban J connectivity index is 1.45. The molecule has 2 aliphatic heterocycles. The minimum atomic E-state index is -0.184. The minimum absolute atomic E-state index is 0.184. The van der Waals surface area contributed by atoms with Crippen LogP contribution in [0.25, 0.3) is 0 Å². The lowest BCUT2D eigenvalue weighted by molar-refractivity contribution is 0.102. The van der Waals surface area contributed by atoms with Gasteiger partial charge in [-0.2, -0.15) is 4.98 Å². The molecule has 0 radical (unpaired) electrons. The quantitative estimate of drug-likeness (QED) is 0.648. The van der Waals surface area contributed by atoms with Crippen molar-refractivity contribution in [1.29, 1.82) is 0 Å². The van der Waals surface area contributed by atoms with Gasteiger partial charge in [0.1, 0.15) is 11.4 Å². The summed E-state index contributed by atoms with van der Waals surface area (Å²) in [6.45, 7) is 3.14. The Bertz CT molecular complexity index is 1160. The molecule has 164 valence electrons. The number of amides is 1. The summed E-state index contributed by atoms with van der Waals surface area (Å²) in [6.07, 6.45) is 1.61. The van der Waals surface area contributed by atoms with Gasteiger partial charge >= 0.3 is 0 Å². The number of hydrogen-bond donors (Lipinski definition) is 2. The van der Waals surface area contributed by atoms with E-state index in [2.05, 4.69) is 25.5 Å². The van der Waals surface area contributed by atoms with Gasteiger partial charge in [0.2, 0.25) is 5.95 Å². The molecule has 2 aromatic carbocycles. The Labute approximate surface area is 186 Å². The van der Waals surface area contributed by atoms with Crippen LogP contribution in [0.3, 0.4) is 0 Å². The number of methoxy groups -OCH3 is 1. The molecule has 0 bridgehead atoms. The summed E-state index contributed by atoms with van der Waals surface area (Å²) in [7, 11) is 3.52. The number of carbonyl (C=O) groups excluding carboxylic acids is 1. The lowest BCUT2D eigenvalue weighted by Gasteiger charge is -2.29. The largest absolute Gasteiger partial charge is 0.494 e. The second-order valence-electron chi connectivity index (χ2n) is 7.57. The highest BCUT2D eigenvalue weighted by Gasteiger charge is 2.24. The minimum Gasteiger partial charge on any atom is -0.494 e. The number of fused-ring (bicyclic) bond motifs is 2. The highest BCUT2D eigenvalue weighted by Crippen LogP contribution is 2.36. The van der Waals surface area contributed by atoms with Gasteiger partial charge in [-0.25, -0.2) is 4.98 Å². The summed E-state index contributed by atoms with van der Waals surface area (Å²) < 4.78 is 11.1. The van der Waals surface area contributed by atoms with Crippen LogP contribution in [0.5, 0.6) is 5.75 Å². The van der Waals surface area contributed by atoms with Crippen molar-refractivity contribution in [2.45, 2.75) is 0 Å². The fourth-order valence-electron chi connectivity index (χ4n) is 3.96. The van der Waals surface area contributed by atoms with Crippen molar-refractivity contribution in [3.05, 3.63) is 54.2 Å². The molecule has 0 aliphatic carbocycles. The molecule has 2 N–H and O–H groups in total. The first-order chi connectivity index (χ1) is 15.6. The number of aromatic nitrogens is 2. The zero-order valence-corrected chi connectivity index (χ0v) is 18.0. The van der Waals surface area contributed by atoms with Crippen LogP contribution in [-0.4, -0.2) is 56.3 Å². The molecule has 0 spiro atoms. The second kappa shape index (κ2) is 8.35. The first kappa shape index (κ1) is 20.1. The standard InChI is InChI=1S/C23H24N6O3/c1-28-19-6-4-3-5-16(19)22(30)25-18-14-24-23(27-21(18)28)26-17-8-7-15(13-20(17)31-2)29-9-11-32-12-10-29/h3-8,13-14H,9-12H2,1-2H3,(H,25,30)(H,24,26,27). The first-order valence-electron chi connectivity index (χ1n) is 10.4. The van der Waals surface area contributed by atoms with Crippen LogP contribution < -0.4 is 25.2 Å². The van der Waals surface area contributed by atoms with E-state index in [1.54, 1.807) is 19.4 Å². The van der Waals surface area contributed by atoms with Gasteiger partial charge in [-0.1, -0.05) is 12.1 Å². The summed E-state index contributed by atoms with van der Waals surface area (Å²) in [5, 5.41) is 6.14. The number of benzene rings is 2. The molecule has 0 unspecified atom stereocenters. The van der Waals surface area contributed by atoms with E-state index in [0.717, 1.165) is 43.4 Å². The molecule has 3 aromatic rings. The van der Waals surface area contributed by atoms with E-state index in [-0.39, 0.29) is 5.91 Å². The lowest BCUT2D eigenvalue weighted by Crippen LogP contribution is -2.36. The van der Waals surface area contributed by atoms with Gasteiger partial charge in [0.05, 0.1) is 43.5 Å². The topological polar surface area (TPSA) is 91.9 Å². The zero-order valence-electron chi connectivity index (χ0n) is 18.0. The van der Waals surface area contributed by atoms with Gasteiger partial charge in [0.25, 0.3) is 5.91 Å². The SMILES string of the molecule is COc1cc(N2CCOCC2)ccc1Nc1ncc2c(n1)N(C)c1ccccc1C(=O)N2. The van der Waals surface area contributed by atoms with Gasteiger partial charge in [0.15, 0.2) is 5.82 Å². The van der Waals surface area contributed by atoms with Crippen LogP contribution in [0, 0.1) is 0 Å². The average molecular weight is 432 g/mol. The van der Waals surface area contributed by atoms with Crippen molar-refractivity contribution in [2.24, 2.45) is 0 Å². The Morgan fingerprint density at radius 3 is 2.78 bits per heavy atom. The zero-order chi connectivity index (χ0) is 22.1. The Kier molecular flexibility index (Phi) is 5.24. The molecule has 1 saturated heterocycles. The molecule has 9 nitrogen and oxygen atoms in total. The Morgan fingerprint density at radius 2 is 1.97 bits per heavy atom. The molecule has 2 aliphatic rings. The molecular weight excluding hydrogens is 408 g/mol. The number of hydrogen-bond acceptors (Lipinski definition) is 8. The van der Waals surface area contributed by atoms with Gasteiger partial charge in [0, 0.05) is 31.9 Å². The Hall–Kier alpha value is -3.85. The number of morpholine rings is 1. The van der Waals surface area contributed by atoms with Gasteiger partial charge in [-0.3, -0.25) is 4.79 Å². The van der Waals surface area contributed by atoms with Crippen LogP contribution in [0.15, 0.2) is 48.7 Å². The Morgan fingerprint density at radius 1 is 1.16 bits per heavy atom. The van der Waals surface area contributed by atoms with Crippen molar-refractivity contribution in [2.75, 3.05) is 60.9 Å². The molecule has 1 amide bonds. The first-order valence-corrected chi connectivity index (χ1v) is 10.4. The summed E-state index contributed by atoms with van der Waals surface area (Å²) >= 11 is 0. The molecular formula is C23H24N6O3. The summed E-state index contributed by atoms with van der Waals surface area (Å²) in [4.78, 5) is 25.8. The van der Waals surface area contributed by atoms with Gasteiger partial charge in [-0.05, 0) is 24.3 Å². The van der Waals surface area contributed by atoms with E-state index in [0.29, 0.717) is 28.8 Å². The van der Waals surface area contributed by atoms with Crippen molar-refractivity contribution in [3.8, 4) is 5.75 Å². The van der Waals surface area contributed by atoms with E-state index in [4.69, 9.17) is 9.47 Å². The van der Waals surface area contributed by atoms with Crippen molar-refractivity contribution in [3.63, 3.8) is 0 Å². The van der Waals surface area contributed by atoms with Crippen LogP contribution in [0.4, 0.5) is 34.5 Å². The van der Waals surface area contributed by atoms with Crippen LogP contribution in [0.1, 0.15) is 10.4 Å². The van der Waals surface area contributed by atoms with Crippen LogP contribution in [-0.2, 0) is 4.74 Å². The maximum absolute atomic E-state index is 12.6. The van der Waals surface area contributed by atoms with Crippen molar-refractivity contribution in [1.82, 2.24) is 9.97 Å². The van der Waals surface area contributed by atoms with Gasteiger partial charge in [-0.15, -0.1) is 0 Å². The van der Waals surface area contributed by atoms with Crippen LogP contribution >= 0.6 is 0 Å². The van der Waals surface area contributed by atoms with Crippen LogP contribution in [0.2, 0.25) is 0 Å². The van der Waals surface area contributed by atoms with E-state index in [1.807, 2.05) is 48.3 Å². The highest BCUT2D eigenvalue weighted by molar-refractivity contribution is 6.11. The number of ether oxygens (including phenoxy) is 2.